The van der Waals surface area contributed by atoms with Crippen molar-refractivity contribution in [1.82, 2.24) is 43.6 Å². The molecule has 3 aliphatic rings. The Hall–Kier alpha value is -14.7. The number of benzene rings is 13. The van der Waals surface area contributed by atoms with Crippen LogP contribution in [0.2, 0.25) is 0 Å². The summed E-state index contributed by atoms with van der Waals surface area (Å²) in [5, 5.41) is 7.12. The molecule has 0 radical (unpaired) electrons. The van der Waals surface area contributed by atoms with E-state index in [4.69, 9.17) is 44.1 Å². The molecule has 15 heteroatoms. The van der Waals surface area contributed by atoms with Crippen molar-refractivity contribution in [2.75, 3.05) is 14.7 Å². The molecule has 0 amide bonds. The van der Waals surface area contributed by atoms with E-state index < -0.39 is 0 Å². The van der Waals surface area contributed by atoms with Crippen LogP contribution in [0.3, 0.4) is 0 Å². The van der Waals surface area contributed by atoms with Gasteiger partial charge in [-0.25, -0.2) is 29.9 Å². The number of ether oxygens (including phenoxy) is 3. The first-order valence-corrected chi connectivity index (χ1v) is 34.8. The smallest absolute Gasteiger partial charge is 0.159 e. The molecule has 0 unspecified atom stereocenters. The van der Waals surface area contributed by atoms with E-state index in [2.05, 4.69) is 247 Å². The zero-order chi connectivity index (χ0) is 68.8. The van der Waals surface area contributed by atoms with Crippen LogP contribution in [-0.4, -0.2) is 43.6 Å². The molecule has 105 heavy (non-hydrogen) atoms. The number of nitrogens with zero attached hydrogens (tertiary/aromatic N) is 12. The van der Waals surface area contributed by atoms with E-state index in [1.54, 1.807) is 0 Å². The Labute approximate surface area is 599 Å². The van der Waals surface area contributed by atoms with Gasteiger partial charge in [0.25, 0.3) is 0 Å². The highest BCUT2D eigenvalue weighted by molar-refractivity contribution is 6.12. The number of para-hydroxylation sites is 12. The van der Waals surface area contributed by atoms with Gasteiger partial charge in [0.05, 0.1) is 139 Å². The third-order valence-corrected chi connectivity index (χ3v) is 20.4. The Morgan fingerprint density at radius 1 is 0.190 bits per heavy atom. The number of anilines is 9. The fourth-order valence-electron chi connectivity index (χ4n) is 15.9. The van der Waals surface area contributed by atoms with Crippen LogP contribution < -0.4 is 28.9 Å². The van der Waals surface area contributed by atoms with Crippen LogP contribution in [0.15, 0.2) is 328 Å². The number of aromatic nitrogens is 9. The van der Waals surface area contributed by atoms with E-state index >= 15 is 0 Å². The molecule has 13 aromatic carbocycles. The van der Waals surface area contributed by atoms with Crippen molar-refractivity contribution in [3.05, 3.63) is 328 Å². The molecule has 22 rings (SSSR count). The first-order valence-electron chi connectivity index (χ1n) is 34.8. The summed E-state index contributed by atoms with van der Waals surface area (Å²) < 4.78 is 27.3. The minimum absolute atomic E-state index is 0.474. The molecule has 0 aliphatic carbocycles. The van der Waals surface area contributed by atoms with Gasteiger partial charge in [0.1, 0.15) is 0 Å². The Balaban J connectivity index is 0.644. The maximum atomic E-state index is 6.78. The molecule has 0 spiro atoms. The number of hydrogen-bond acceptors (Lipinski definition) is 12. The van der Waals surface area contributed by atoms with Gasteiger partial charge in [-0.15, -0.1) is 0 Å². The van der Waals surface area contributed by atoms with Gasteiger partial charge in [0, 0.05) is 67.2 Å². The lowest BCUT2D eigenvalue weighted by molar-refractivity contribution is 0.476. The Bertz CT molecular complexity index is 5990. The zero-order valence-electron chi connectivity index (χ0n) is 55.8. The van der Waals surface area contributed by atoms with Crippen molar-refractivity contribution in [1.29, 1.82) is 0 Å². The third kappa shape index (κ3) is 9.11. The van der Waals surface area contributed by atoms with Crippen molar-refractivity contribution in [2.45, 2.75) is 0 Å². The summed E-state index contributed by atoms with van der Waals surface area (Å²) in [4.78, 5) is 37.6. The molecular weight excluding hydrogens is 1300 g/mol. The van der Waals surface area contributed by atoms with Crippen molar-refractivity contribution in [3.8, 4) is 85.7 Å². The maximum Gasteiger partial charge on any atom is 0.159 e. The molecule has 19 aromatic rings. The predicted octanol–water partition coefficient (Wildman–Crippen LogP) is 23.1. The lowest BCUT2D eigenvalue weighted by Gasteiger charge is -2.32. The minimum Gasteiger partial charge on any atom is -0.453 e. The molecule has 0 saturated heterocycles. The molecule has 0 saturated carbocycles. The molecule has 0 N–H and O–H groups in total. The molecule has 3 aliphatic heterocycles. The first kappa shape index (κ1) is 58.1. The van der Waals surface area contributed by atoms with Crippen molar-refractivity contribution >= 4 is 117 Å². The molecular formula is C90H54N12O3. The van der Waals surface area contributed by atoms with E-state index in [1.807, 2.05) is 110 Å². The molecule has 492 valence electrons. The van der Waals surface area contributed by atoms with Crippen LogP contribution in [0.5, 0.6) is 34.5 Å². The molecule has 0 fully saturated rings. The average Bonchev–Trinajstić information content (AvgIpc) is 1.62. The summed E-state index contributed by atoms with van der Waals surface area (Å²) in [5.74, 6) is 5.65. The van der Waals surface area contributed by atoms with E-state index in [9.17, 15) is 0 Å². The summed E-state index contributed by atoms with van der Waals surface area (Å²) in [6.07, 6.45) is 11.2. The van der Waals surface area contributed by atoms with E-state index in [-0.39, 0.29) is 0 Å². The fraction of sp³-hybridized carbons (Fsp3) is 0. The Kier molecular flexibility index (Phi) is 12.7. The summed E-state index contributed by atoms with van der Waals surface area (Å²) in [6, 6.07) is 101. The lowest BCUT2D eigenvalue weighted by Crippen LogP contribution is -2.16. The number of fused-ring (bicyclic) bond motifs is 15. The zero-order valence-corrected chi connectivity index (χ0v) is 55.8. The highest BCUT2D eigenvalue weighted by atomic mass is 16.5. The second kappa shape index (κ2) is 22.9. The summed E-state index contributed by atoms with van der Waals surface area (Å²) in [5.41, 5.74) is 19.1. The summed E-state index contributed by atoms with van der Waals surface area (Å²) >= 11 is 0. The number of hydrogen-bond donors (Lipinski definition) is 0. The largest absolute Gasteiger partial charge is 0.453 e. The normalized spacial score (nSPS) is 12.7. The van der Waals surface area contributed by atoms with Gasteiger partial charge in [-0.2, -0.15) is 0 Å². The number of rotatable bonds is 9. The van der Waals surface area contributed by atoms with Gasteiger partial charge in [0.15, 0.2) is 52.0 Å². The summed E-state index contributed by atoms with van der Waals surface area (Å²) in [6.45, 7) is 0. The van der Waals surface area contributed by atoms with Crippen LogP contribution in [-0.2, 0) is 0 Å². The van der Waals surface area contributed by atoms with E-state index in [1.165, 1.54) is 32.3 Å². The highest BCUT2D eigenvalue weighted by Crippen LogP contribution is 2.55. The van der Waals surface area contributed by atoms with Gasteiger partial charge in [-0.3, -0.25) is 0 Å². The Morgan fingerprint density at radius 3 is 0.667 bits per heavy atom. The minimum atomic E-state index is 0.474. The Morgan fingerprint density at radius 2 is 0.410 bits per heavy atom. The van der Waals surface area contributed by atoms with Crippen LogP contribution in [0.4, 0.5) is 51.2 Å². The van der Waals surface area contributed by atoms with Crippen molar-refractivity contribution in [2.24, 2.45) is 0 Å². The topological polar surface area (TPSA) is 130 Å². The van der Waals surface area contributed by atoms with Crippen LogP contribution >= 0.6 is 0 Å². The monoisotopic (exact) mass is 1350 g/mol. The van der Waals surface area contributed by atoms with Crippen molar-refractivity contribution < 1.29 is 14.2 Å². The standard InChI is InChI=1S/C90H54N12O3/c1-7-25-70-64(19-1)65-20-2-8-26-71(65)97(70)58-37-40-79-85(46-58)103-82-34-16-13-31-76(82)100(79)61-49-91-88(92-50-61)55-43-56(89-93-51-62(52-94-89)101-77-32-14-17-35-83(77)104-86-47-59(38-41-80(86)101)98-72-27-9-3-21-66(72)67-22-4-10-28-73(67)98)45-57(44-55)90-95-53-63(54-96-90)102-78-33-15-18-36-84(78)105-87-48-60(39-42-81(87)102)99-74-29-11-5-23-68(74)69-24-6-12-30-75(69)99/h1-54H. The highest BCUT2D eigenvalue weighted by Gasteiger charge is 2.32. The van der Waals surface area contributed by atoms with Gasteiger partial charge in [-0.05, 0) is 127 Å². The van der Waals surface area contributed by atoms with Gasteiger partial charge >= 0.3 is 0 Å². The SMILES string of the molecule is c1ccc2c(c1)Oc1cc(-n3c4ccccc4c4ccccc43)ccc1N2c1cnc(-c2cc(-c3ncc(N4c5ccccc5Oc5cc(-n6c7ccccc7c7ccccc76)ccc54)cn3)cc(-c3ncc(N4c5ccccc5Oc5cc(-n6c7ccccc7c7ccccc76)ccc54)cn3)c2)nc1. The van der Waals surface area contributed by atoms with Crippen LogP contribution in [0, 0.1) is 0 Å². The second-order valence-corrected chi connectivity index (χ2v) is 26.4. The first-order chi connectivity index (χ1) is 52.0. The van der Waals surface area contributed by atoms with Crippen LogP contribution in [0.25, 0.3) is 117 Å². The second-order valence-electron chi connectivity index (χ2n) is 26.4. The van der Waals surface area contributed by atoms with Gasteiger partial charge < -0.3 is 42.6 Å². The molecule has 15 nitrogen and oxygen atoms in total. The summed E-state index contributed by atoms with van der Waals surface area (Å²) in [7, 11) is 0. The average molecular weight is 1350 g/mol. The third-order valence-electron chi connectivity index (χ3n) is 20.4. The molecule has 0 bridgehead atoms. The van der Waals surface area contributed by atoms with E-state index in [0.717, 1.165) is 101 Å². The fourth-order valence-corrected chi connectivity index (χ4v) is 15.9. The molecule has 0 atom stereocenters. The van der Waals surface area contributed by atoms with E-state index in [0.29, 0.717) is 68.7 Å². The molecule has 9 heterocycles. The maximum absolute atomic E-state index is 6.78. The quantitative estimate of drug-likeness (QED) is 0.136. The van der Waals surface area contributed by atoms with Gasteiger partial charge in [-0.1, -0.05) is 146 Å². The van der Waals surface area contributed by atoms with Gasteiger partial charge in [0.2, 0.25) is 0 Å². The predicted molar refractivity (Wildman–Crippen MR) is 417 cm³/mol. The van der Waals surface area contributed by atoms with Crippen molar-refractivity contribution in [3.63, 3.8) is 0 Å². The lowest BCUT2D eigenvalue weighted by atomic mass is 10.0. The van der Waals surface area contributed by atoms with Crippen LogP contribution in [0.1, 0.15) is 0 Å². The molecule has 6 aromatic heterocycles.